The summed E-state index contributed by atoms with van der Waals surface area (Å²) in [5, 5.41) is 7.09. The van der Waals surface area contributed by atoms with Crippen LogP contribution in [0.25, 0.3) is 11.5 Å². The zero-order chi connectivity index (χ0) is 19.7. The Morgan fingerprint density at radius 1 is 0.931 bits per heavy atom. The van der Waals surface area contributed by atoms with Crippen molar-refractivity contribution in [2.75, 3.05) is 5.32 Å². The van der Waals surface area contributed by atoms with E-state index in [4.69, 9.17) is 13.7 Å². The van der Waals surface area contributed by atoms with Gasteiger partial charge in [-0.25, -0.2) is 0 Å². The molecular weight excluding hydrogens is 368 g/mol. The van der Waals surface area contributed by atoms with Gasteiger partial charge in [-0.05, 0) is 61.4 Å². The van der Waals surface area contributed by atoms with Crippen LogP contribution in [0.5, 0.6) is 11.5 Å². The first-order chi connectivity index (χ1) is 14.2. The van der Waals surface area contributed by atoms with E-state index in [1.807, 2.05) is 54.6 Å². The maximum atomic E-state index is 12.9. The van der Waals surface area contributed by atoms with Crippen molar-refractivity contribution in [1.82, 2.24) is 5.16 Å². The number of para-hydroxylation sites is 1. The summed E-state index contributed by atoms with van der Waals surface area (Å²) in [4.78, 5) is 12.9. The van der Waals surface area contributed by atoms with Crippen LogP contribution in [-0.4, -0.2) is 11.1 Å². The predicted molar refractivity (Wildman–Crippen MR) is 107 cm³/mol. The molecule has 0 aliphatic heterocycles. The Bertz CT molecular complexity index is 1110. The van der Waals surface area contributed by atoms with Gasteiger partial charge in [-0.1, -0.05) is 23.4 Å². The molecule has 1 N–H and O–H groups in total. The second-order valence-electron chi connectivity index (χ2n) is 7.03. The third-order valence-corrected chi connectivity index (χ3v) is 5.04. The lowest BCUT2D eigenvalue weighted by Crippen LogP contribution is -2.28. The molecule has 1 saturated carbocycles. The highest BCUT2D eigenvalue weighted by atomic mass is 16.5. The van der Waals surface area contributed by atoms with E-state index in [-0.39, 0.29) is 5.91 Å². The third-order valence-electron chi connectivity index (χ3n) is 5.04. The lowest BCUT2D eigenvalue weighted by molar-refractivity contribution is -0.118. The molecule has 1 fully saturated rings. The quantitative estimate of drug-likeness (QED) is 0.480. The van der Waals surface area contributed by atoms with E-state index in [2.05, 4.69) is 10.5 Å². The molecule has 4 aromatic rings. The molecular formula is C23H18N2O4. The minimum atomic E-state index is -0.645. The summed E-state index contributed by atoms with van der Waals surface area (Å²) in [6.07, 6.45) is 3.04. The molecule has 1 amide bonds. The molecule has 2 heterocycles. The average Bonchev–Trinajstić information content (AvgIpc) is 3.15. The topological polar surface area (TPSA) is 77.5 Å². The van der Waals surface area contributed by atoms with Gasteiger partial charge in [0.1, 0.15) is 11.5 Å². The van der Waals surface area contributed by atoms with Crippen molar-refractivity contribution in [2.24, 2.45) is 0 Å². The Hall–Kier alpha value is -3.80. The highest BCUT2D eigenvalue weighted by Crippen LogP contribution is 2.49. The summed E-state index contributed by atoms with van der Waals surface area (Å²) >= 11 is 0. The number of hydrogen-bond acceptors (Lipinski definition) is 5. The molecule has 5 rings (SSSR count). The van der Waals surface area contributed by atoms with Gasteiger partial charge in [0, 0.05) is 11.8 Å². The fourth-order valence-corrected chi connectivity index (χ4v) is 3.24. The lowest BCUT2D eigenvalue weighted by Gasteiger charge is -2.13. The van der Waals surface area contributed by atoms with Gasteiger partial charge in [-0.2, -0.15) is 0 Å². The number of nitrogens with one attached hydrogen (secondary N) is 1. The van der Waals surface area contributed by atoms with Gasteiger partial charge in [-0.15, -0.1) is 0 Å². The molecule has 0 atom stereocenters. The summed E-state index contributed by atoms with van der Waals surface area (Å²) in [6.45, 7) is 0. The number of aromatic nitrogens is 1. The van der Waals surface area contributed by atoms with Crippen molar-refractivity contribution in [2.45, 2.75) is 18.3 Å². The number of ether oxygens (including phenoxy) is 1. The smallest absolute Gasteiger partial charge is 0.236 e. The number of anilines is 1. The molecule has 6 nitrogen and oxygen atoms in total. The first kappa shape index (κ1) is 17.3. The standard InChI is InChI=1S/C23H18N2O4/c26-22(23(12-13-23)21-15-20(29-25-21)19-7-4-14-27-19)24-16-8-10-18(11-9-16)28-17-5-2-1-3-6-17/h1-11,14-15H,12-13H2,(H,24,26). The fraction of sp³-hybridized carbons (Fsp3) is 0.130. The largest absolute Gasteiger partial charge is 0.461 e. The average molecular weight is 386 g/mol. The molecule has 0 spiro atoms. The number of amides is 1. The van der Waals surface area contributed by atoms with Crippen LogP contribution in [0.3, 0.4) is 0 Å². The molecule has 29 heavy (non-hydrogen) atoms. The van der Waals surface area contributed by atoms with Gasteiger partial charge in [0.2, 0.25) is 11.7 Å². The molecule has 6 heteroatoms. The number of hydrogen-bond donors (Lipinski definition) is 1. The van der Waals surface area contributed by atoms with Crippen molar-refractivity contribution in [1.29, 1.82) is 0 Å². The maximum absolute atomic E-state index is 12.9. The highest BCUT2D eigenvalue weighted by Gasteiger charge is 2.54. The molecule has 0 saturated heterocycles. The molecule has 2 aromatic carbocycles. The maximum Gasteiger partial charge on any atom is 0.236 e. The SMILES string of the molecule is O=C(Nc1ccc(Oc2ccccc2)cc1)C1(c2cc(-c3ccco3)on2)CC1. The van der Waals surface area contributed by atoms with Gasteiger partial charge < -0.3 is 19.0 Å². The van der Waals surface area contributed by atoms with Crippen LogP contribution in [-0.2, 0) is 10.2 Å². The Kier molecular flexibility index (Phi) is 4.17. The van der Waals surface area contributed by atoms with Crippen LogP contribution in [0, 0.1) is 0 Å². The molecule has 2 aromatic heterocycles. The first-order valence-corrected chi connectivity index (χ1v) is 9.38. The van der Waals surface area contributed by atoms with Crippen LogP contribution in [0.1, 0.15) is 18.5 Å². The van der Waals surface area contributed by atoms with Crippen LogP contribution in [0.2, 0.25) is 0 Å². The minimum Gasteiger partial charge on any atom is -0.461 e. The third kappa shape index (κ3) is 3.40. The van der Waals surface area contributed by atoms with E-state index in [0.717, 1.165) is 18.6 Å². The van der Waals surface area contributed by atoms with Crippen LogP contribution in [0.4, 0.5) is 5.69 Å². The summed E-state index contributed by atoms with van der Waals surface area (Å²) in [6, 6.07) is 22.2. The number of rotatable bonds is 6. The summed E-state index contributed by atoms with van der Waals surface area (Å²) in [7, 11) is 0. The van der Waals surface area contributed by atoms with E-state index in [1.165, 1.54) is 0 Å². The first-order valence-electron chi connectivity index (χ1n) is 9.38. The molecule has 1 aliphatic carbocycles. The van der Waals surface area contributed by atoms with Crippen molar-refractivity contribution < 1.29 is 18.5 Å². The van der Waals surface area contributed by atoms with Crippen molar-refractivity contribution >= 4 is 11.6 Å². The van der Waals surface area contributed by atoms with Crippen molar-refractivity contribution in [3.05, 3.63) is 84.8 Å². The zero-order valence-electron chi connectivity index (χ0n) is 15.5. The van der Waals surface area contributed by atoms with Gasteiger partial charge in [-0.3, -0.25) is 4.79 Å². The van der Waals surface area contributed by atoms with Crippen molar-refractivity contribution in [3.8, 4) is 23.0 Å². The highest BCUT2D eigenvalue weighted by molar-refractivity contribution is 6.01. The Morgan fingerprint density at radius 3 is 2.38 bits per heavy atom. The van der Waals surface area contributed by atoms with E-state index in [0.29, 0.717) is 28.7 Å². The molecule has 0 unspecified atom stereocenters. The molecule has 1 aliphatic rings. The zero-order valence-corrected chi connectivity index (χ0v) is 15.5. The fourth-order valence-electron chi connectivity index (χ4n) is 3.24. The normalized spacial score (nSPS) is 14.3. The monoisotopic (exact) mass is 386 g/mol. The Labute approximate surface area is 167 Å². The van der Waals surface area contributed by atoms with Gasteiger partial charge in [0.25, 0.3) is 0 Å². The number of furan rings is 1. The number of carbonyl (C=O) groups is 1. The molecule has 0 bridgehead atoms. The Morgan fingerprint density at radius 2 is 1.69 bits per heavy atom. The number of nitrogens with zero attached hydrogens (tertiary/aromatic N) is 1. The predicted octanol–water partition coefficient (Wildman–Crippen LogP) is 5.40. The number of benzene rings is 2. The van der Waals surface area contributed by atoms with E-state index in [1.54, 1.807) is 24.5 Å². The van der Waals surface area contributed by atoms with Crippen LogP contribution in [0.15, 0.2) is 88.0 Å². The van der Waals surface area contributed by atoms with Gasteiger partial charge in [0.15, 0.2) is 5.76 Å². The molecule has 144 valence electrons. The van der Waals surface area contributed by atoms with E-state index < -0.39 is 5.41 Å². The lowest BCUT2D eigenvalue weighted by atomic mass is 10.0. The van der Waals surface area contributed by atoms with Crippen LogP contribution < -0.4 is 10.1 Å². The summed E-state index contributed by atoms with van der Waals surface area (Å²) < 4.78 is 16.5. The van der Waals surface area contributed by atoms with Gasteiger partial charge in [0.05, 0.1) is 17.4 Å². The van der Waals surface area contributed by atoms with E-state index >= 15 is 0 Å². The number of carbonyl (C=O) groups excluding carboxylic acids is 1. The van der Waals surface area contributed by atoms with Crippen molar-refractivity contribution in [3.63, 3.8) is 0 Å². The van der Waals surface area contributed by atoms with Gasteiger partial charge >= 0.3 is 0 Å². The van der Waals surface area contributed by atoms with Crippen LogP contribution >= 0.6 is 0 Å². The summed E-state index contributed by atoms with van der Waals surface area (Å²) in [5.41, 5.74) is 0.690. The second-order valence-corrected chi connectivity index (χ2v) is 7.03. The van der Waals surface area contributed by atoms with E-state index in [9.17, 15) is 4.79 Å². The Balaban J connectivity index is 1.28. The second kappa shape index (κ2) is 6.98. The molecule has 0 radical (unpaired) electrons. The summed E-state index contributed by atoms with van der Waals surface area (Å²) in [5.74, 6) is 2.49. The minimum absolute atomic E-state index is 0.0893.